The minimum absolute atomic E-state index is 0.00254. The first kappa shape index (κ1) is 15.7. The minimum atomic E-state index is -0.912. The van der Waals surface area contributed by atoms with Gasteiger partial charge in [0.15, 0.2) is 0 Å². The SMILES string of the molecule is CC(C)NC(=O)C(C)NC(=O)C(C#N)c1ccccc1. The molecule has 1 aromatic carbocycles. The zero-order valence-electron chi connectivity index (χ0n) is 11.9. The summed E-state index contributed by atoms with van der Waals surface area (Å²) in [6, 6.07) is 10.1. The Balaban J connectivity index is 2.70. The first-order chi connectivity index (χ1) is 9.45. The van der Waals surface area contributed by atoms with Crippen molar-refractivity contribution in [3.05, 3.63) is 35.9 Å². The van der Waals surface area contributed by atoms with E-state index >= 15 is 0 Å². The molecule has 0 spiro atoms. The first-order valence-electron chi connectivity index (χ1n) is 6.51. The highest BCUT2D eigenvalue weighted by molar-refractivity contribution is 5.91. The first-order valence-corrected chi connectivity index (χ1v) is 6.51. The van der Waals surface area contributed by atoms with Crippen molar-refractivity contribution in [2.45, 2.75) is 38.8 Å². The highest BCUT2D eigenvalue weighted by Crippen LogP contribution is 2.14. The monoisotopic (exact) mass is 273 g/mol. The molecule has 0 heterocycles. The molecule has 0 saturated carbocycles. The van der Waals surface area contributed by atoms with Gasteiger partial charge in [-0.25, -0.2) is 0 Å². The average molecular weight is 273 g/mol. The van der Waals surface area contributed by atoms with Gasteiger partial charge in [-0.15, -0.1) is 0 Å². The van der Waals surface area contributed by atoms with Crippen LogP contribution in [0.25, 0.3) is 0 Å². The van der Waals surface area contributed by atoms with Gasteiger partial charge in [0.05, 0.1) is 6.07 Å². The molecule has 0 aromatic heterocycles. The molecule has 0 aliphatic rings. The van der Waals surface area contributed by atoms with Crippen LogP contribution < -0.4 is 10.6 Å². The lowest BCUT2D eigenvalue weighted by Crippen LogP contribution is -2.47. The van der Waals surface area contributed by atoms with Gasteiger partial charge in [0, 0.05) is 6.04 Å². The van der Waals surface area contributed by atoms with Gasteiger partial charge in [-0.1, -0.05) is 30.3 Å². The Kier molecular flexibility index (Phi) is 5.73. The second-order valence-electron chi connectivity index (χ2n) is 4.87. The lowest BCUT2D eigenvalue weighted by Gasteiger charge is -2.17. The number of hydrogen-bond acceptors (Lipinski definition) is 3. The van der Waals surface area contributed by atoms with Gasteiger partial charge < -0.3 is 10.6 Å². The molecule has 1 aromatic rings. The van der Waals surface area contributed by atoms with Crippen LogP contribution in [0.1, 0.15) is 32.3 Å². The molecule has 5 nitrogen and oxygen atoms in total. The lowest BCUT2D eigenvalue weighted by molar-refractivity contribution is -0.129. The van der Waals surface area contributed by atoms with Gasteiger partial charge >= 0.3 is 0 Å². The van der Waals surface area contributed by atoms with Gasteiger partial charge in [-0.05, 0) is 26.3 Å². The van der Waals surface area contributed by atoms with Gasteiger partial charge in [0.25, 0.3) is 0 Å². The van der Waals surface area contributed by atoms with E-state index in [0.29, 0.717) is 5.56 Å². The van der Waals surface area contributed by atoms with Crippen LogP contribution in [0, 0.1) is 11.3 Å². The number of carbonyl (C=O) groups excluding carboxylic acids is 2. The number of benzene rings is 1. The molecule has 0 bridgehead atoms. The van der Waals surface area contributed by atoms with Crippen molar-refractivity contribution < 1.29 is 9.59 Å². The quantitative estimate of drug-likeness (QED) is 0.849. The maximum atomic E-state index is 12.1. The zero-order chi connectivity index (χ0) is 15.1. The summed E-state index contributed by atoms with van der Waals surface area (Å²) in [5.74, 6) is -1.64. The lowest BCUT2D eigenvalue weighted by atomic mass is 9.99. The predicted octanol–water partition coefficient (Wildman–Crippen LogP) is 1.32. The van der Waals surface area contributed by atoms with E-state index in [1.54, 1.807) is 31.2 Å². The number of rotatable bonds is 5. The third kappa shape index (κ3) is 4.39. The molecule has 0 saturated heterocycles. The van der Waals surface area contributed by atoms with E-state index in [4.69, 9.17) is 5.26 Å². The number of nitrogens with zero attached hydrogens (tertiary/aromatic N) is 1. The molecule has 106 valence electrons. The number of nitrogens with one attached hydrogen (secondary N) is 2. The topological polar surface area (TPSA) is 82.0 Å². The zero-order valence-corrected chi connectivity index (χ0v) is 11.9. The Labute approximate surface area is 119 Å². The highest BCUT2D eigenvalue weighted by atomic mass is 16.2. The fraction of sp³-hybridized carbons (Fsp3) is 0.400. The molecule has 0 aliphatic carbocycles. The number of carbonyl (C=O) groups is 2. The van der Waals surface area contributed by atoms with Gasteiger partial charge in [-0.2, -0.15) is 5.26 Å². The second-order valence-corrected chi connectivity index (χ2v) is 4.87. The van der Waals surface area contributed by atoms with E-state index in [0.717, 1.165) is 0 Å². The van der Waals surface area contributed by atoms with E-state index < -0.39 is 17.9 Å². The minimum Gasteiger partial charge on any atom is -0.352 e. The van der Waals surface area contributed by atoms with E-state index in [9.17, 15) is 9.59 Å². The van der Waals surface area contributed by atoms with Crippen LogP contribution in [0.2, 0.25) is 0 Å². The normalized spacial score (nSPS) is 13.2. The summed E-state index contributed by atoms with van der Waals surface area (Å²) in [5, 5.41) is 14.4. The van der Waals surface area contributed by atoms with E-state index in [2.05, 4.69) is 10.6 Å². The Hall–Kier alpha value is -2.35. The molecule has 1 rings (SSSR count). The molecule has 0 radical (unpaired) electrons. The van der Waals surface area contributed by atoms with Gasteiger partial charge in [-0.3, -0.25) is 9.59 Å². The van der Waals surface area contributed by atoms with Crippen LogP contribution >= 0.6 is 0 Å². The third-order valence-corrected chi connectivity index (χ3v) is 2.71. The third-order valence-electron chi connectivity index (χ3n) is 2.71. The van der Waals surface area contributed by atoms with Crippen LogP contribution in [0.4, 0.5) is 0 Å². The van der Waals surface area contributed by atoms with Crippen LogP contribution in [0.15, 0.2) is 30.3 Å². The molecule has 5 heteroatoms. The van der Waals surface area contributed by atoms with Crippen molar-refractivity contribution in [3.63, 3.8) is 0 Å². The molecule has 2 atom stereocenters. The van der Waals surface area contributed by atoms with E-state index in [1.807, 2.05) is 26.0 Å². The molecule has 2 amide bonds. The van der Waals surface area contributed by atoms with Crippen LogP contribution in [-0.2, 0) is 9.59 Å². The molecule has 0 aliphatic heterocycles. The molecular weight excluding hydrogens is 254 g/mol. The van der Waals surface area contributed by atoms with Crippen molar-refractivity contribution in [1.29, 1.82) is 5.26 Å². The summed E-state index contributed by atoms with van der Waals surface area (Å²) in [6.45, 7) is 5.28. The Morgan fingerprint density at radius 2 is 1.65 bits per heavy atom. The van der Waals surface area contributed by atoms with Crippen molar-refractivity contribution in [3.8, 4) is 6.07 Å². The van der Waals surface area contributed by atoms with E-state index in [1.165, 1.54) is 0 Å². The van der Waals surface area contributed by atoms with Crippen LogP contribution in [-0.4, -0.2) is 23.9 Å². The number of nitriles is 1. The molecule has 2 unspecified atom stereocenters. The largest absolute Gasteiger partial charge is 0.352 e. The summed E-state index contributed by atoms with van der Waals surface area (Å²) in [4.78, 5) is 23.8. The summed E-state index contributed by atoms with van der Waals surface area (Å²) in [6.07, 6.45) is 0. The van der Waals surface area contributed by atoms with Gasteiger partial charge in [0.2, 0.25) is 11.8 Å². The highest BCUT2D eigenvalue weighted by Gasteiger charge is 2.24. The molecule has 0 fully saturated rings. The molecule has 20 heavy (non-hydrogen) atoms. The predicted molar refractivity (Wildman–Crippen MR) is 75.7 cm³/mol. The van der Waals surface area contributed by atoms with E-state index in [-0.39, 0.29) is 11.9 Å². The number of amides is 2. The van der Waals surface area contributed by atoms with Crippen LogP contribution in [0.3, 0.4) is 0 Å². The Bertz CT molecular complexity index is 506. The summed E-state index contributed by atoms with van der Waals surface area (Å²) < 4.78 is 0. The van der Waals surface area contributed by atoms with Crippen LogP contribution in [0.5, 0.6) is 0 Å². The fourth-order valence-electron chi connectivity index (χ4n) is 1.70. The summed E-state index contributed by atoms with van der Waals surface area (Å²) in [5.41, 5.74) is 0.615. The van der Waals surface area contributed by atoms with Gasteiger partial charge in [0.1, 0.15) is 12.0 Å². The molecular formula is C15H19N3O2. The molecule has 2 N–H and O–H groups in total. The standard InChI is InChI=1S/C15H19N3O2/c1-10(2)17-14(19)11(3)18-15(20)13(9-16)12-7-5-4-6-8-12/h4-8,10-11,13H,1-3H3,(H,17,19)(H,18,20). The second kappa shape index (κ2) is 7.29. The van der Waals surface area contributed by atoms with Crippen molar-refractivity contribution in [1.82, 2.24) is 10.6 Å². The summed E-state index contributed by atoms with van der Waals surface area (Å²) in [7, 11) is 0. The van der Waals surface area contributed by atoms with Crippen molar-refractivity contribution >= 4 is 11.8 Å². The van der Waals surface area contributed by atoms with Crippen molar-refractivity contribution in [2.75, 3.05) is 0 Å². The summed E-state index contributed by atoms with van der Waals surface area (Å²) >= 11 is 0. The maximum Gasteiger partial charge on any atom is 0.242 e. The smallest absolute Gasteiger partial charge is 0.242 e. The number of hydrogen-bond donors (Lipinski definition) is 2. The average Bonchev–Trinajstić information content (AvgIpc) is 2.39. The Morgan fingerprint density at radius 3 is 2.15 bits per heavy atom. The Morgan fingerprint density at radius 1 is 1.05 bits per heavy atom. The van der Waals surface area contributed by atoms with Crippen molar-refractivity contribution in [2.24, 2.45) is 0 Å². The fourth-order valence-corrected chi connectivity index (χ4v) is 1.70. The maximum absolute atomic E-state index is 12.1.